The van der Waals surface area contributed by atoms with Crippen LogP contribution in [0, 0.1) is 5.92 Å². The van der Waals surface area contributed by atoms with Crippen LogP contribution < -0.4 is 5.32 Å². The molecule has 0 spiro atoms. The standard InChI is InChI=1S/C16H31N3O/c1-5-14-16(20)19(15(17-14)12(2)3)11-13(4)18-9-7-6-8-10-18/h12-15,17H,5-11H2,1-4H3. The summed E-state index contributed by atoms with van der Waals surface area (Å²) in [5.41, 5.74) is 0. The van der Waals surface area contributed by atoms with Crippen molar-refractivity contribution in [1.82, 2.24) is 15.1 Å². The Labute approximate surface area is 123 Å². The molecule has 20 heavy (non-hydrogen) atoms. The Morgan fingerprint density at radius 2 is 1.85 bits per heavy atom. The fraction of sp³-hybridized carbons (Fsp3) is 0.938. The fourth-order valence-corrected chi connectivity index (χ4v) is 3.51. The molecule has 2 rings (SSSR count). The lowest BCUT2D eigenvalue weighted by Crippen LogP contribution is -2.49. The number of carbonyl (C=O) groups excluding carboxylic acids is 1. The van der Waals surface area contributed by atoms with Gasteiger partial charge in [0.2, 0.25) is 5.91 Å². The Hall–Kier alpha value is -0.610. The summed E-state index contributed by atoms with van der Waals surface area (Å²) in [5.74, 6) is 0.763. The molecule has 0 saturated carbocycles. The quantitative estimate of drug-likeness (QED) is 0.838. The molecule has 0 aromatic rings. The van der Waals surface area contributed by atoms with E-state index >= 15 is 0 Å². The van der Waals surface area contributed by atoms with Crippen molar-refractivity contribution in [3.05, 3.63) is 0 Å². The monoisotopic (exact) mass is 281 g/mol. The smallest absolute Gasteiger partial charge is 0.241 e. The molecule has 2 aliphatic heterocycles. The third-order valence-corrected chi connectivity index (χ3v) is 4.80. The summed E-state index contributed by atoms with van der Waals surface area (Å²) in [6.07, 6.45) is 5.07. The minimum absolute atomic E-state index is 0.0240. The maximum Gasteiger partial charge on any atom is 0.241 e. The van der Waals surface area contributed by atoms with Gasteiger partial charge in [0.15, 0.2) is 0 Å². The highest BCUT2D eigenvalue weighted by molar-refractivity contribution is 5.84. The first-order valence-electron chi connectivity index (χ1n) is 8.35. The van der Waals surface area contributed by atoms with E-state index in [9.17, 15) is 4.79 Å². The van der Waals surface area contributed by atoms with Gasteiger partial charge in [-0.1, -0.05) is 27.2 Å². The second-order valence-corrected chi connectivity index (χ2v) is 6.75. The van der Waals surface area contributed by atoms with Crippen LogP contribution in [0.5, 0.6) is 0 Å². The minimum atomic E-state index is 0.0240. The lowest BCUT2D eigenvalue weighted by molar-refractivity contribution is -0.131. The normalized spacial score (nSPS) is 30.2. The number of nitrogens with one attached hydrogen (secondary N) is 1. The van der Waals surface area contributed by atoms with Crippen LogP contribution in [0.3, 0.4) is 0 Å². The van der Waals surface area contributed by atoms with Crippen molar-refractivity contribution in [2.24, 2.45) is 5.92 Å². The molecule has 4 nitrogen and oxygen atoms in total. The predicted octanol–water partition coefficient (Wildman–Crippen LogP) is 2.05. The lowest BCUT2D eigenvalue weighted by atomic mass is 10.1. The molecule has 2 aliphatic rings. The summed E-state index contributed by atoms with van der Waals surface area (Å²) in [5, 5.41) is 3.51. The highest BCUT2D eigenvalue weighted by atomic mass is 16.2. The van der Waals surface area contributed by atoms with Crippen LogP contribution in [0.25, 0.3) is 0 Å². The molecule has 3 unspecified atom stereocenters. The summed E-state index contributed by atoms with van der Waals surface area (Å²) in [7, 11) is 0. The number of rotatable bonds is 5. The van der Waals surface area contributed by atoms with Crippen LogP contribution in [-0.2, 0) is 4.79 Å². The second-order valence-electron chi connectivity index (χ2n) is 6.75. The predicted molar refractivity (Wildman–Crippen MR) is 82.4 cm³/mol. The van der Waals surface area contributed by atoms with Gasteiger partial charge < -0.3 is 4.90 Å². The van der Waals surface area contributed by atoms with Gasteiger partial charge in [-0.15, -0.1) is 0 Å². The van der Waals surface area contributed by atoms with Gasteiger partial charge in [-0.3, -0.25) is 15.0 Å². The zero-order chi connectivity index (χ0) is 14.7. The first-order valence-corrected chi connectivity index (χ1v) is 8.35. The zero-order valence-corrected chi connectivity index (χ0v) is 13.6. The molecule has 0 aromatic heterocycles. The van der Waals surface area contributed by atoms with E-state index in [1.165, 1.54) is 32.4 Å². The van der Waals surface area contributed by atoms with E-state index in [1.807, 2.05) is 0 Å². The molecule has 0 radical (unpaired) electrons. The Kier molecular flexibility index (Phi) is 5.44. The van der Waals surface area contributed by atoms with E-state index < -0.39 is 0 Å². The summed E-state index contributed by atoms with van der Waals surface area (Å²) >= 11 is 0. The summed E-state index contributed by atoms with van der Waals surface area (Å²) in [6.45, 7) is 12.0. The third kappa shape index (κ3) is 3.34. The van der Waals surface area contributed by atoms with Crippen LogP contribution >= 0.6 is 0 Å². The molecule has 0 bridgehead atoms. The Morgan fingerprint density at radius 3 is 2.40 bits per heavy atom. The molecule has 1 amide bonds. The lowest BCUT2D eigenvalue weighted by Gasteiger charge is -2.36. The topological polar surface area (TPSA) is 35.6 Å². The van der Waals surface area contributed by atoms with Crippen molar-refractivity contribution in [1.29, 1.82) is 0 Å². The van der Waals surface area contributed by atoms with Crippen LogP contribution in [0.2, 0.25) is 0 Å². The van der Waals surface area contributed by atoms with E-state index in [4.69, 9.17) is 0 Å². The Morgan fingerprint density at radius 1 is 1.20 bits per heavy atom. The molecule has 3 atom stereocenters. The van der Waals surface area contributed by atoms with Crippen molar-refractivity contribution >= 4 is 5.91 Å². The zero-order valence-electron chi connectivity index (χ0n) is 13.6. The number of likely N-dealkylation sites (tertiary alicyclic amines) is 1. The van der Waals surface area contributed by atoms with Crippen LogP contribution in [0.4, 0.5) is 0 Å². The van der Waals surface area contributed by atoms with Crippen molar-refractivity contribution in [3.8, 4) is 0 Å². The first kappa shape index (κ1) is 15.8. The van der Waals surface area contributed by atoms with Crippen molar-refractivity contribution in [2.75, 3.05) is 19.6 Å². The average Bonchev–Trinajstić information content (AvgIpc) is 2.77. The molecular formula is C16H31N3O. The maximum absolute atomic E-state index is 12.5. The SMILES string of the molecule is CCC1NC(C(C)C)N(CC(C)N2CCCCC2)C1=O. The van der Waals surface area contributed by atoms with Crippen LogP contribution in [-0.4, -0.2) is 53.6 Å². The summed E-state index contributed by atoms with van der Waals surface area (Å²) in [4.78, 5) is 17.2. The molecular weight excluding hydrogens is 250 g/mol. The van der Waals surface area contributed by atoms with Gasteiger partial charge >= 0.3 is 0 Å². The molecule has 2 heterocycles. The summed E-state index contributed by atoms with van der Waals surface area (Å²) in [6, 6.07) is 0.494. The molecule has 2 saturated heterocycles. The highest BCUT2D eigenvalue weighted by Crippen LogP contribution is 2.21. The van der Waals surface area contributed by atoms with E-state index in [0.29, 0.717) is 17.9 Å². The Balaban J connectivity index is 1.99. The number of carbonyl (C=O) groups is 1. The van der Waals surface area contributed by atoms with Gasteiger partial charge in [0.25, 0.3) is 0 Å². The van der Waals surface area contributed by atoms with E-state index in [0.717, 1.165) is 13.0 Å². The van der Waals surface area contributed by atoms with E-state index in [-0.39, 0.29) is 12.2 Å². The third-order valence-electron chi connectivity index (χ3n) is 4.80. The van der Waals surface area contributed by atoms with Crippen molar-refractivity contribution in [2.45, 2.75) is 71.6 Å². The van der Waals surface area contributed by atoms with Gasteiger partial charge in [0.1, 0.15) is 0 Å². The number of hydrogen-bond acceptors (Lipinski definition) is 3. The largest absolute Gasteiger partial charge is 0.324 e. The van der Waals surface area contributed by atoms with Gasteiger partial charge in [-0.05, 0) is 45.2 Å². The average molecular weight is 281 g/mol. The minimum Gasteiger partial charge on any atom is -0.324 e. The van der Waals surface area contributed by atoms with Gasteiger partial charge in [-0.2, -0.15) is 0 Å². The van der Waals surface area contributed by atoms with E-state index in [1.54, 1.807) is 0 Å². The number of amides is 1. The van der Waals surface area contributed by atoms with Crippen molar-refractivity contribution < 1.29 is 4.79 Å². The summed E-state index contributed by atoms with van der Waals surface area (Å²) < 4.78 is 0. The van der Waals surface area contributed by atoms with Crippen molar-refractivity contribution in [3.63, 3.8) is 0 Å². The molecule has 4 heteroatoms. The molecule has 0 aromatic carbocycles. The van der Waals surface area contributed by atoms with Crippen LogP contribution in [0.1, 0.15) is 53.4 Å². The van der Waals surface area contributed by atoms with Gasteiger partial charge in [0.05, 0.1) is 12.2 Å². The second kappa shape index (κ2) is 6.90. The first-order chi connectivity index (χ1) is 9.54. The highest BCUT2D eigenvalue weighted by Gasteiger charge is 2.40. The number of hydrogen-bond donors (Lipinski definition) is 1. The molecule has 2 fully saturated rings. The van der Waals surface area contributed by atoms with Gasteiger partial charge in [-0.25, -0.2) is 0 Å². The fourth-order valence-electron chi connectivity index (χ4n) is 3.51. The Bertz CT molecular complexity index is 326. The maximum atomic E-state index is 12.5. The van der Waals surface area contributed by atoms with Gasteiger partial charge in [0, 0.05) is 12.6 Å². The molecule has 116 valence electrons. The number of piperidine rings is 1. The van der Waals surface area contributed by atoms with E-state index in [2.05, 4.69) is 42.8 Å². The molecule has 0 aliphatic carbocycles. The number of nitrogens with zero attached hydrogens (tertiary/aromatic N) is 2. The van der Waals surface area contributed by atoms with Crippen LogP contribution in [0.15, 0.2) is 0 Å². The molecule has 1 N–H and O–H groups in total.